The zero-order chi connectivity index (χ0) is 18.4. The molecule has 26 heavy (non-hydrogen) atoms. The third-order valence-electron chi connectivity index (χ3n) is 4.39. The van der Waals surface area contributed by atoms with E-state index in [1.807, 2.05) is 66.4 Å². The van der Waals surface area contributed by atoms with Gasteiger partial charge in [0.1, 0.15) is 6.61 Å². The molecule has 0 unspecified atom stereocenters. The molecule has 1 saturated heterocycles. The summed E-state index contributed by atoms with van der Waals surface area (Å²) in [6.07, 6.45) is 0. The number of amides is 1. The van der Waals surface area contributed by atoms with Gasteiger partial charge in [-0.2, -0.15) is 0 Å². The topological polar surface area (TPSA) is 61.8 Å². The summed E-state index contributed by atoms with van der Waals surface area (Å²) >= 11 is 0. The number of hydrogen-bond donors (Lipinski definition) is 0. The monoisotopic (exact) mass is 355 g/mol. The van der Waals surface area contributed by atoms with Gasteiger partial charge in [0.15, 0.2) is 11.6 Å². The van der Waals surface area contributed by atoms with Gasteiger partial charge in [-0.1, -0.05) is 30.3 Å². The minimum atomic E-state index is 0.0367. The summed E-state index contributed by atoms with van der Waals surface area (Å²) in [4.78, 5) is 18.2. The van der Waals surface area contributed by atoms with Crippen LogP contribution in [0.1, 0.15) is 5.56 Å². The van der Waals surface area contributed by atoms with E-state index in [0.29, 0.717) is 19.7 Å². The smallest absolute Gasteiger partial charge is 0.248 e. The van der Waals surface area contributed by atoms with E-state index >= 15 is 0 Å². The molecule has 7 heteroatoms. The second-order valence-corrected chi connectivity index (χ2v) is 6.49. The molecule has 0 saturated carbocycles. The number of nitrogens with zero attached hydrogens (tertiary/aromatic N) is 5. The number of rotatable bonds is 6. The molecule has 1 aliphatic rings. The van der Waals surface area contributed by atoms with Crippen molar-refractivity contribution in [3.8, 4) is 0 Å². The molecule has 0 spiro atoms. The van der Waals surface area contributed by atoms with E-state index in [2.05, 4.69) is 15.1 Å². The van der Waals surface area contributed by atoms with E-state index < -0.39 is 0 Å². The van der Waals surface area contributed by atoms with E-state index in [-0.39, 0.29) is 12.5 Å². The Morgan fingerprint density at radius 3 is 2.38 bits per heavy atom. The largest absolute Gasteiger partial charge is 0.367 e. The molecule has 0 radical (unpaired) electrons. The number of ether oxygens (including phenoxy) is 1. The number of piperazine rings is 1. The lowest BCUT2D eigenvalue weighted by molar-refractivity contribution is -0.136. The summed E-state index contributed by atoms with van der Waals surface area (Å²) in [6, 6.07) is 13.8. The summed E-state index contributed by atoms with van der Waals surface area (Å²) < 4.78 is 5.55. The number of aromatic nitrogens is 2. The first-order chi connectivity index (χ1) is 12.6. The fourth-order valence-electron chi connectivity index (χ4n) is 2.83. The van der Waals surface area contributed by atoms with Crippen LogP contribution in [0.5, 0.6) is 0 Å². The molecule has 7 nitrogen and oxygen atoms in total. The summed E-state index contributed by atoms with van der Waals surface area (Å²) in [5.41, 5.74) is 1.07. The van der Waals surface area contributed by atoms with Crippen molar-refractivity contribution in [2.24, 2.45) is 0 Å². The standard InChI is InChI=1S/C19H25N5O2/c1-22(2)17-8-9-18(21-20-17)23-10-12-24(13-11-23)19(25)15-26-14-16-6-4-3-5-7-16/h3-9H,10-15H2,1-2H3. The Balaban J connectivity index is 1.43. The van der Waals surface area contributed by atoms with Crippen LogP contribution in [0.2, 0.25) is 0 Å². The van der Waals surface area contributed by atoms with Crippen LogP contribution in [0.15, 0.2) is 42.5 Å². The normalized spacial score (nSPS) is 14.4. The van der Waals surface area contributed by atoms with E-state index in [4.69, 9.17) is 4.74 Å². The van der Waals surface area contributed by atoms with Gasteiger partial charge in [-0.05, 0) is 17.7 Å². The molecule has 2 aromatic rings. The molecule has 0 atom stereocenters. The first kappa shape index (κ1) is 18.1. The number of carbonyl (C=O) groups excluding carboxylic acids is 1. The van der Waals surface area contributed by atoms with E-state index in [0.717, 1.165) is 30.3 Å². The van der Waals surface area contributed by atoms with Gasteiger partial charge in [0.05, 0.1) is 6.61 Å². The zero-order valence-corrected chi connectivity index (χ0v) is 15.3. The number of carbonyl (C=O) groups is 1. The van der Waals surface area contributed by atoms with E-state index in [1.165, 1.54) is 0 Å². The highest BCUT2D eigenvalue weighted by molar-refractivity contribution is 5.77. The third-order valence-corrected chi connectivity index (χ3v) is 4.39. The van der Waals surface area contributed by atoms with Gasteiger partial charge in [-0.15, -0.1) is 10.2 Å². The van der Waals surface area contributed by atoms with Crippen LogP contribution in [0.25, 0.3) is 0 Å². The maximum absolute atomic E-state index is 12.3. The van der Waals surface area contributed by atoms with Gasteiger partial charge < -0.3 is 19.4 Å². The number of anilines is 2. The van der Waals surface area contributed by atoms with Crippen molar-refractivity contribution in [2.75, 3.05) is 56.7 Å². The summed E-state index contributed by atoms with van der Waals surface area (Å²) in [7, 11) is 3.88. The highest BCUT2D eigenvalue weighted by atomic mass is 16.5. The lowest BCUT2D eigenvalue weighted by Crippen LogP contribution is -2.50. The zero-order valence-electron chi connectivity index (χ0n) is 15.3. The van der Waals surface area contributed by atoms with Crippen LogP contribution < -0.4 is 9.80 Å². The molecule has 1 fully saturated rings. The summed E-state index contributed by atoms with van der Waals surface area (Å²) in [5.74, 6) is 1.72. The molecular formula is C19H25N5O2. The van der Waals surface area contributed by atoms with Crippen molar-refractivity contribution in [3.05, 3.63) is 48.0 Å². The van der Waals surface area contributed by atoms with Crippen molar-refractivity contribution in [1.29, 1.82) is 0 Å². The Labute approximate surface area is 154 Å². The summed E-state index contributed by atoms with van der Waals surface area (Å²) in [6.45, 7) is 3.42. The molecule has 1 amide bonds. The van der Waals surface area contributed by atoms with Crippen molar-refractivity contribution in [2.45, 2.75) is 6.61 Å². The lowest BCUT2D eigenvalue weighted by atomic mass is 10.2. The van der Waals surface area contributed by atoms with Gasteiger partial charge in [0, 0.05) is 40.3 Å². The van der Waals surface area contributed by atoms with E-state index in [1.54, 1.807) is 0 Å². The fraction of sp³-hybridized carbons (Fsp3) is 0.421. The number of benzene rings is 1. The second-order valence-electron chi connectivity index (χ2n) is 6.49. The van der Waals surface area contributed by atoms with Gasteiger partial charge in [0.25, 0.3) is 0 Å². The van der Waals surface area contributed by atoms with Crippen molar-refractivity contribution < 1.29 is 9.53 Å². The minimum absolute atomic E-state index is 0.0367. The molecule has 3 rings (SSSR count). The second kappa shape index (κ2) is 8.62. The molecule has 2 heterocycles. The Hall–Kier alpha value is -2.67. The SMILES string of the molecule is CN(C)c1ccc(N2CCN(C(=O)COCc3ccccc3)CC2)nn1. The average Bonchev–Trinajstić information content (AvgIpc) is 2.69. The maximum Gasteiger partial charge on any atom is 0.248 e. The first-order valence-electron chi connectivity index (χ1n) is 8.79. The van der Waals surface area contributed by atoms with Crippen molar-refractivity contribution in [3.63, 3.8) is 0 Å². The van der Waals surface area contributed by atoms with Crippen molar-refractivity contribution >= 4 is 17.5 Å². The predicted molar refractivity (Wildman–Crippen MR) is 101 cm³/mol. The van der Waals surface area contributed by atoms with Crippen LogP contribution in [0.4, 0.5) is 11.6 Å². The molecular weight excluding hydrogens is 330 g/mol. The number of hydrogen-bond acceptors (Lipinski definition) is 6. The quantitative estimate of drug-likeness (QED) is 0.781. The van der Waals surface area contributed by atoms with E-state index in [9.17, 15) is 4.79 Å². The van der Waals surface area contributed by atoms with Crippen LogP contribution in [0, 0.1) is 0 Å². The van der Waals surface area contributed by atoms with Gasteiger partial charge in [0.2, 0.25) is 5.91 Å². The van der Waals surface area contributed by atoms with Gasteiger partial charge in [-0.3, -0.25) is 4.79 Å². The van der Waals surface area contributed by atoms with Crippen LogP contribution in [0.3, 0.4) is 0 Å². The Morgan fingerprint density at radius 2 is 1.77 bits per heavy atom. The Bertz CT molecular complexity index is 698. The molecule has 0 aliphatic carbocycles. The Morgan fingerprint density at radius 1 is 1.04 bits per heavy atom. The molecule has 1 aromatic carbocycles. The Kier molecular flexibility index (Phi) is 6.01. The molecule has 138 valence electrons. The van der Waals surface area contributed by atoms with Crippen LogP contribution >= 0.6 is 0 Å². The minimum Gasteiger partial charge on any atom is -0.367 e. The predicted octanol–water partition coefficient (Wildman–Crippen LogP) is 1.41. The average molecular weight is 355 g/mol. The highest BCUT2D eigenvalue weighted by Crippen LogP contribution is 2.15. The van der Waals surface area contributed by atoms with Crippen LogP contribution in [-0.2, 0) is 16.1 Å². The highest BCUT2D eigenvalue weighted by Gasteiger charge is 2.22. The van der Waals surface area contributed by atoms with Crippen LogP contribution in [-0.4, -0.2) is 67.9 Å². The lowest BCUT2D eigenvalue weighted by Gasteiger charge is -2.35. The fourth-order valence-corrected chi connectivity index (χ4v) is 2.83. The van der Waals surface area contributed by atoms with Gasteiger partial charge in [-0.25, -0.2) is 0 Å². The first-order valence-corrected chi connectivity index (χ1v) is 8.79. The molecule has 1 aromatic heterocycles. The van der Waals surface area contributed by atoms with Gasteiger partial charge >= 0.3 is 0 Å². The van der Waals surface area contributed by atoms with Crippen molar-refractivity contribution in [1.82, 2.24) is 15.1 Å². The molecule has 0 N–H and O–H groups in total. The maximum atomic E-state index is 12.3. The molecule has 0 bridgehead atoms. The third kappa shape index (κ3) is 4.70. The summed E-state index contributed by atoms with van der Waals surface area (Å²) in [5, 5.41) is 8.49. The molecule has 1 aliphatic heterocycles.